The third-order valence-electron chi connectivity index (χ3n) is 3.81. The van der Waals surface area contributed by atoms with Gasteiger partial charge in [-0.2, -0.15) is 0 Å². The van der Waals surface area contributed by atoms with Crippen LogP contribution in [0.25, 0.3) is 10.8 Å². The number of aromatic hydroxyl groups is 1. The molecule has 20 heavy (non-hydrogen) atoms. The summed E-state index contributed by atoms with van der Waals surface area (Å²) in [5.74, 6) is 1.16. The largest absolute Gasteiger partial charge is 0.507 e. The lowest BCUT2D eigenvalue weighted by atomic mass is 10.0. The topological polar surface area (TPSA) is 32.3 Å². The van der Waals surface area contributed by atoms with Gasteiger partial charge in [-0.25, -0.2) is 0 Å². The Hall–Kier alpha value is -1.54. The van der Waals surface area contributed by atoms with Gasteiger partial charge in [0.25, 0.3) is 0 Å². The van der Waals surface area contributed by atoms with Crippen molar-refractivity contribution in [1.82, 2.24) is 5.32 Å². The number of nitrogens with one attached hydrogen (secondary N) is 1. The average Bonchev–Trinajstić information content (AvgIpc) is 2.44. The second-order valence-corrected chi connectivity index (χ2v) is 5.94. The maximum absolute atomic E-state index is 10.4. The summed E-state index contributed by atoms with van der Waals surface area (Å²) in [6.07, 6.45) is 2.42. The Morgan fingerprint density at radius 2 is 1.80 bits per heavy atom. The zero-order chi connectivity index (χ0) is 14.5. The predicted octanol–water partition coefficient (Wildman–Crippen LogP) is 4.63. The number of rotatable bonds is 6. The van der Waals surface area contributed by atoms with Crippen LogP contribution in [-0.2, 0) is 0 Å². The molecule has 2 rings (SSSR count). The molecule has 1 unspecified atom stereocenters. The van der Waals surface area contributed by atoms with Crippen LogP contribution in [0, 0.1) is 5.92 Å². The van der Waals surface area contributed by atoms with Crippen molar-refractivity contribution >= 4 is 10.8 Å². The standard InChI is InChI=1S/C18H25NO/c1-13(2)7-6-12-19-14(3)16-11-10-15-8-4-5-9-17(15)18(16)20/h4-5,8-11,13-14,19-20H,6-7,12H2,1-3H3. The molecule has 2 aromatic rings. The van der Waals surface area contributed by atoms with Gasteiger partial charge < -0.3 is 10.4 Å². The number of phenols is 1. The van der Waals surface area contributed by atoms with Gasteiger partial charge in [-0.05, 0) is 37.6 Å². The summed E-state index contributed by atoms with van der Waals surface area (Å²) < 4.78 is 0. The molecule has 2 nitrogen and oxygen atoms in total. The Morgan fingerprint density at radius 1 is 1.05 bits per heavy atom. The smallest absolute Gasteiger partial charge is 0.128 e. The molecule has 0 amide bonds. The van der Waals surface area contributed by atoms with Gasteiger partial charge in [0.2, 0.25) is 0 Å². The van der Waals surface area contributed by atoms with E-state index < -0.39 is 0 Å². The van der Waals surface area contributed by atoms with Crippen molar-refractivity contribution in [2.24, 2.45) is 5.92 Å². The first-order valence-corrected chi connectivity index (χ1v) is 7.53. The van der Waals surface area contributed by atoms with E-state index in [0.29, 0.717) is 5.75 Å². The molecule has 0 radical (unpaired) electrons. The Morgan fingerprint density at radius 3 is 2.55 bits per heavy atom. The van der Waals surface area contributed by atoms with E-state index in [4.69, 9.17) is 0 Å². The summed E-state index contributed by atoms with van der Waals surface area (Å²) in [5, 5.41) is 15.9. The Bertz CT molecular complexity index is 562. The monoisotopic (exact) mass is 271 g/mol. The van der Waals surface area contributed by atoms with E-state index in [9.17, 15) is 5.11 Å². The second kappa shape index (κ2) is 6.76. The minimum absolute atomic E-state index is 0.173. The zero-order valence-electron chi connectivity index (χ0n) is 12.7. The molecule has 0 spiro atoms. The highest BCUT2D eigenvalue weighted by Gasteiger charge is 2.12. The fourth-order valence-corrected chi connectivity index (χ4v) is 2.56. The molecule has 1 atom stereocenters. The van der Waals surface area contributed by atoms with Crippen LogP contribution in [0.3, 0.4) is 0 Å². The molecule has 0 aliphatic heterocycles. The summed E-state index contributed by atoms with van der Waals surface area (Å²) in [6.45, 7) is 7.60. The van der Waals surface area contributed by atoms with E-state index in [1.165, 1.54) is 12.8 Å². The van der Waals surface area contributed by atoms with Crippen molar-refractivity contribution in [1.29, 1.82) is 0 Å². The van der Waals surface area contributed by atoms with Crippen molar-refractivity contribution in [2.45, 2.75) is 39.7 Å². The Kier molecular flexibility index (Phi) is 5.02. The molecule has 0 saturated heterocycles. The molecular weight excluding hydrogens is 246 g/mol. The lowest BCUT2D eigenvalue weighted by Crippen LogP contribution is -2.20. The molecular formula is C18H25NO. The summed E-state index contributed by atoms with van der Waals surface area (Å²) >= 11 is 0. The SMILES string of the molecule is CC(C)CCCNC(C)c1ccc2ccccc2c1O. The van der Waals surface area contributed by atoms with E-state index in [1.54, 1.807) is 0 Å². The summed E-state index contributed by atoms with van der Waals surface area (Å²) in [6, 6.07) is 12.2. The van der Waals surface area contributed by atoms with Crippen LogP contribution < -0.4 is 5.32 Å². The van der Waals surface area contributed by atoms with Crippen LogP contribution >= 0.6 is 0 Å². The van der Waals surface area contributed by atoms with Crippen molar-refractivity contribution < 1.29 is 5.11 Å². The van der Waals surface area contributed by atoms with Crippen LogP contribution in [-0.4, -0.2) is 11.7 Å². The number of hydrogen-bond acceptors (Lipinski definition) is 2. The van der Waals surface area contributed by atoms with Gasteiger partial charge >= 0.3 is 0 Å². The van der Waals surface area contributed by atoms with Gasteiger partial charge in [-0.15, -0.1) is 0 Å². The van der Waals surface area contributed by atoms with Gasteiger partial charge in [-0.1, -0.05) is 50.2 Å². The quantitative estimate of drug-likeness (QED) is 0.751. The lowest BCUT2D eigenvalue weighted by Gasteiger charge is -2.17. The number of fused-ring (bicyclic) bond motifs is 1. The second-order valence-electron chi connectivity index (χ2n) is 5.94. The van der Waals surface area contributed by atoms with Gasteiger partial charge in [0, 0.05) is 17.0 Å². The van der Waals surface area contributed by atoms with Crippen LogP contribution in [0.5, 0.6) is 5.75 Å². The van der Waals surface area contributed by atoms with Crippen molar-refractivity contribution in [3.05, 3.63) is 42.0 Å². The molecule has 0 saturated carbocycles. The minimum Gasteiger partial charge on any atom is -0.507 e. The van der Waals surface area contributed by atoms with Crippen LogP contribution in [0.4, 0.5) is 0 Å². The normalized spacial score (nSPS) is 13.0. The minimum atomic E-state index is 0.173. The molecule has 2 N–H and O–H groups in total. The highest BCUT2D eigenvalue weighted by Crippen LogP contribution is 2.32. The molecule has 0 bridgehead atoms. The predicted molar refractivity (Wildman–Crippen MR) is 86.1 cm³/mol. The molecule has 2 aromatic carbocycles. The fraction of sp³-hybridized carbons (Fsp3) is 0.444. The van der Waals surface area contributed by atoms with Crippen LogP contribution in [0.15, 0.2) is 36.4 Å². The average molecular weight is 271 g/mol. The summed E-state index contributed by atoms with van der Waals surface area (Å²) in [5.41, 5.74) is 0.980. The number of benzene rings is 2. The highest BCUT2D eigenvalue weighted by atomic mass is 16.3. The van der Waals surface area contributed by atoms with Crippen molar-refractivity contribution in [3.63, 3.8) is 0 Å². The first kappa shape index (κ1) is 14.9. The maximum Gasteiger partial charge on any atom is 0.128 e. The van der Waals surface area contributed by atoms with Gasteiger partial charge in [0.15, 0.2) is 0 Å². The van der Waals surface area contributed by atoms with Gasteiger partial charge in [0.05, 0.1) is 0 Å². The fourth-order valence-electron chi connectivity index (χ4n) is 2.56. The van der Waals surface area contributed by atoms with Crippen molar-refractivity contribution in [2.75, 3.05) is 6.54 Å². The van der Waals surface area contributed by atoms with Crippen molar-refractivity contribution in [3.8, 4) is 5.75 Å². The van der Waals surface area contributed by atoms with Crippen LogP contribution in [0.1, 0.15) is 45.2 Å². The first-order chi connectivity index (χ1) is 9.59. The molecule has 2 heteroatoms. The Labute approximate surface area is 121 Å². The third-order valence-corrected chi connectivity index (χ3v) is 3.81. The third kappa shape index (κ3) is 3.51. The van der Waals surface area contributed by atoms with E-state index in [2.05, 4.69) is 32.2 Å². The Balaban J connectivity index is 2.06. The van der Waals surface area contributed by atoms with Gasteiger partial charge in [0.1, 0.15) is 5.75 Å². The zero-order valence-corrected chi connectivity index (χ0v) is 12.7. The number of hydrogen-bond donors (Lipinski definition) is 2. The number of phenolic OH excluding ortho intramolecular Hbond substituents is 1. The van der Waals surface area contributed by atoms with E-state index in [1.807, 2.05) is 30.3 Å². The molecule has 0 heterocycles. The molecule has 0 aliphatic carbocycles. The van der Waals surface area contributed by atoms with Crippen LogP contribution in [0.2, 0.25) is 0 Å². The molecule has 0 aliphatic rings. The molecule has 108 valence electrons. The maximum atomic E-state index is 10.4. The lowest BCUT2D eigenvalue weighted by molar-refractivity contribution is 0.451. The molecule has 0 fully saturated rings. The first-order valence-electron chi connectivity index (χ1n) is 7.53. The van der Waals surface area contributed by atoms with E-state index in [-0.39, 0.29) is 6.04 Å². The summed E-state index contributed by atoms with van der Waals surface area (Å²) in [4.78, 5) is 0. The highest BCUT2D eigenvalue weighted by molar-refractivity contribution is 5.89. The van der Waals surface area contributed by atoms with E-state index >= 15 is 0 Å². The summed E-state index contributed by atoms with van der Waals surface area (Å²) in [7, 11) is 0. The van der Waals surface area contributed by atoms with E-state index in [0.717, 1.165) is 28.8 Å². The molecule has 0 aromatic heterocycles. The van der Waals surface area contributed by atoms with Gasteiger partial charge in [-0.3, -0.25) is 0 Å².